The van der Waals surface area contributed by atoms with E-state index in [1.54, 1.807) is 12.3 Å². The number of ether oxygens (including phenoxy) is 1. The van der Waals surface area contributed by atoms with Crippen molar-refractivity contribution in [2.24, 2.45) is 10.9 Å². The summed E-state index contributed by atoms with van der Waals surface area (Å²) in [4.78, 5) is 30.6. The fourth-order valence-corrected chi connectivity index (χ4v) is 3.28. The van der Waals surface area contributed by atoms with Crippen LogP contribution in [0.5, 0.6) is 11.9 Å². The third-order valence-corrected chi connectivity index (χ3v) is 4.84. The molecule has 1 aromatic carbocycles. The second-order valence-electron chi connectivity index (χ2n) is 6.96. The van der Waals surface area contributed by atoms with E-state index in [9.17, 15) is 9.90 Å². The van der Waals surface area contributed by atoms with Gasteiger partial charge in [0.05, 0.1) is 29.5 Å². The van der Waals surface area contributed by atoms with Crippen LogP contribution in [0.25, 0.3) is 10.9 Å². The number of carbonyl (C=O) groups is 1. The summed E-state index contributed by atoms with van der Waals surface area (Å²) in [6, 6.07) is 10.7. The lowest BCUT2D eigenvalue weighted by Crippen LogP contribution is -2.28. The fourth-order valence-electron chi connectivity index (χ4n) is 3.28. The maximum atomic E-state index is 12.5. The highest BCUT2D eigenvalue weighted by molar-refractivity contribution is 5.94. The summed E-state index contributed by atoms with van der Waals surface area (Å²) >= 11 is 0. The molecule has 1 aliphatic heterocycles. The van der Waals surface area contributed by atoms with Crippen LogP contribution in [0.2, 0.25) is 0 Å². The lowest BCUT2D eigenvalue weighted by Gasteiger charge is -2.15. The van der Waals surface area contributed by atoms with Crippen molar-refractivity contribution in [1.82, 2.24) is 19.9 Å². The molecule has 2 N–H and O–H groups in total. The number of carbonyl (C=O) groups excluding carboxylic acids is 1. The van der Waals surface area contributed by atoms with Gasteiger partial charge in [-0.3, -0.25) is 14.8 Å². The Hall–Kier alpha value is -4.14. The molecule has 1 unspecified atom stereocenters. The Morgan fingerprint density at radius 2 is 2.10 bits per heavy atom. The van der Waals surface area contributed by atoms with Crippen LogP contribution in [0.1, 0.15) is 16.8 Å². The van der Waals surface area contributed by atoms with Crippen molar-refractivity contribution in [2.75, 3.05) is 13.1 Å². The summed E-state index contributed by atoms with van der Waals surface area (Å²) in [5.41, 5.74) is 1.10. The first-order chi connectivity index (χ1) is 15.1. The maximum Gasteiger partial charge on any atom is 0.326 e. The molecule has 156 valence electrons. The number of hydrogen-bond acceptors (Lipinski definition) is 8. The zero-order valence-corrected chi connectivity index (χ0v) is 16.5. The van der Waals surface area contributed by atoms with Crippen molar-refractivity contribution in [3.05, 3.63) is 66.3 Å². The van der Waals surface area contributed by atoms with Gasteiger partial charge >= 0.3 is 6.01 Å². The molecule has 3 aromatic rings. The molecular formula is C22H20N6O3. The van der Waals surface area contributed by atoms with Crippen LogP contribution in [0.15, 0.2) is 65.7 Å². The first kappa shape index (κ1) is 20.1. The smallest absolute Gasteiger partial charge is 0.326 e. The number of pyridine rings is 1. The van der Waals surface area contributed by atoms with Crippen LogP contribution >= 0.6 is 0 Å². The molecule has 9 nitrogen and oxygen atoms in total. The summed E-state index contributed by atoms with van der Waals surface area (Å²) in [5.74, 6) is -0.000271. The van der Waals surface area contributed by atoms with E-state index in [0.29, 0.717) is 29.6 Å². The number of nitrogens with one attached hydrogen (secondary N) is 1. The molecule has 0 saturated carbocycles. The predicted octanol–water partition coefficient (Wildman–Crippen LogP) is 2.83. The van der Waals surface area contributed by atoms with Gasteiger partial charge in [0, 0.05) is 37.0 Å². The number of aromatic nitrogens is 3. The zero-order valence-electron chi connectivity index (χ0n) is 16.5. The number of allylic oxidation sites excluding steroid dienone is 1. The molecule has 1 atom stereocenters. The summed E-state index contributed by atoms with van der Waals surface area (Å²) in [6.45, 7) is 1.25. The lowest BCUT2D eigenvalue weighted by atomic mass is 10.1. The number of aliphatic imine (C=N–C) groups is 1. The number of nitrogens with zero attached hydrogens (tertiary/aromatic N) is 5. The first-order valence-corrected chi connectivity index (χ1v) is 9.71. The van der Waals surface area contributed by atoms with E-state index in [2.05, 4.69) is 19.9 Å². The molecule has 2 aromatic heterocycles. The van der Waals surface area contributed by atoms with E-state index < -0.39 is 0 Å². The van der Waals surface area contributed by atoms with Gasteiger partial charge in [-0.05, 0) is 24.6 Å². The minimum atomic E-state index is -0.232. The maximum absolute atomic E-state index is 12.5. The average Bonchev–Trinajstić information content (AvgIpc) is 3.27. The highest BCUT2D eigenvalue weighted by atomic mass is 16.5. The van der Waals surface area contributed by atoms with E-state index in [-0.39, 0.29) is 29.5 Å². The summed E-state index contributed by atoms with van der Waals surface area (Å²) in [6.07, 6.45) is 7.92. The quantitative estimate of drug-likeness (QED) is 0.470. The van der Waals surface area contributed by atoms with E-state index >= 15 is 0 Å². The molecule has 31 heavy (non-hydrogen) atoms. The van der Waals surface area contributed by atoms with E-state index in [1.807, 2.05) is 35.2 Å². The number of amides is 1. The molecular weight excluding hydrogens is 396 g/mol. The lowest BCUT2D eigenvalue weighted by molar-refractivity contribution is 0.0790. The zero-order chi connectivity index (χ0) is 21.6. The van der Waals surface area contributed by atoms with Gasteiger partial charge in [0.2, 0.25) is 5.88 Å². The minimum Gasteiger partial charge on any atom is -0.493 e. The van der Waals surface area contributed by atoms with Gasteiger partial charge < -0.3 is 20.2 Å². The Labute approximate surface area is 178 Å². The molecule has 1 aliphatic rings. The van der Waals surface area contributed by atoms with Crippen LogP contribution in [0.4, 0.5) is 0 Å². The Kier molecular flexibility index (Phi) is 5.93. The largest absolute Gasteiger partial charge is 0.493 e. The Balaban J connectivity index is 1.39. The second kappa shape index (κ2) is 9.12. The number of aromatic hydroxyl groups is 1. The Morgan fingerprint density at radius 1 is 1.26 bits per heavy atom. The van der Waals surface area contributed by atoms with Gasteiger partial charge in [-0.2, -0.15) is 9.97 Å². The first-order valence-electron chi connectivity index (χ1n) is 9.71. The monoisotopic (exact) mass is 416 g/mol. The average molecular weight is 416 g/mol. The second-order valence-corrected chi connectivity index (χ2v) is 6.96. The number of hydrogen-bond donors (Lipinski definition) is 2. The van der Waals surface area contributed by atoms with Crippen LogP contribution in [0, 0.1) is 11.3 Å². The van der Waals surface area contributed by atoms with Gasteiger partial charge in [-0.25, -0.2) is 0 Å². The molecule has 9 heteroatoms. The number of benzene rings is 1. The summed E-state index contributed by atoms with van der Waals surface area (Å²) in [5, 5.41) is 18.0. The van der Waals surface area contributed by atoms with Crippen LogP contribution < -0.4 is 4.74 Å². The number of rotatable bonds is 6. The van der Waals surface area contributed by atoms with E-state index in [4.69, 9.17) is 10.1 Å². The third-order valence-electron chi connectivity index (χ3n) is 4.84. The van der Waals surface area contributed by atoms with Crippen LogP contribution in [-0.2, 0) is 0 Å². The molecule has 1 saturated heterocycles. The van der Waals surface area contributed by atoms with Gasteiger partial charge in [-0.15, -0.1) is 0 Å². The van der Waals surface area contributed by atoms with Crippen molar-refractivity contribution in [1.29, 1.82) is 5.41 Å². The molecule has 1 amide bonds. The van der Waals surface area contributed by atoms with Crippen molar-refractivity contribution in [3.8, 4) is 11.9 Å². The van der Waals surface area contributed by atoms with Gasteiger partial charge in [0.25, 0.3) is 5.91 Å². The van der Waals surface area contributed by atoms with E-state index in [1.165, 1.54) is 18.6 Å². The molecule has 0 aliphatic carbocycles. The molecule has 0 bridgehead atoms. The highest BCUT2D eigenvalue weighted by Gasteiger charge is 2.25. The Bertz CT molecular complexity index is 1160. The van der Waals surface area contributed by atoms with Gasteiger partial charge in [0.15, 0.2) is 5.76 Å². The van der Waals surface area contributed by atoms with Crippen molar-refractivity contribution < 1.29 is 14.6 Å². The molecule has 0 radical (unpaired) electrons. The number of likely N-dealkylation sites (tertiary alicyclic amines) is 1. The van der Waals surface area contributed by atoms with Gasteiger partial charge in [0.1, 0.15) is 0 Å². The van der Waals surface area contributed by atoms with E-state index in [0.717, 1.165) is 12.6 Å². The molecule has 1 fully saturated rings. The number of fused-ring (bicyclic) bond motifs is 1. The summed E-state index contributed by atoms with van der Waals surface area (Å²) < 4.78 is 5.46. The Morgan fingerprint density at radius 3 is 2.90 bits per heavy atom. The fraction of sp³-hybridized carbons (Fsp3) is 0.182. The van der Waals surface area contributed by atoms with Crippen molar-refractivity contribution in [3.63, 3.8) is 0 Å². The van der Waals surface area contributed by atoms with Crippen LogP contribution in [0.3, 0.4) is 0 Å². The predicted molar refractivity (Wildman–Crippen MR) is 115 cm³/mol. The molecule has 4 rings (SSSR count). The SMILES string of the molecule is N=C/C(=C\N=C/C1CCN(C(=O)c2ccccc2)C1)Oc1nc(O)c2ccncc2n1. The third kappa shape index (κ3) is 4.72. The molecule has 0 spiro atoms. The normalized spacial score (nSPS) is 16.7. The standard InChI is InChI=1S/C22H20N6O3/c23-10-17(31-22-26-19-13-24-8-6-18(19)20(29)27-22)12-25-11-15-7-9-28(14-15)21(30)16-4-2-1-3-5-16/h1-6,8,10-13,15,23H,7,9,14H2,(H,26,27,29)/b17-12+,23-10?,25-11-. The highest BCUT2D eigenvalue weighted by Crippen LogP contribution is 2.23. The summed E-state index contributed by atoms with van der Waals surface area (Å²) in [7, 11) is 0. The van der Waals surface area contributed by atoms with Crippen molar-refractivity contribution in [2.45, 2.75) is 6.42 Å². The minimum absolute atomic E-state index is 0.0123. The van der Waals surface area contributed by atoms with Gasteiger partial charge in [-0.1, -0.05) is 18.2 Å². The van der Waals surface area contributed by atoms with Crippen molar-refractivity contribution >= 4 is 29.2 Å². The molecule has 3 heterocycles. The van der Waals surface area contributed by atoms with Crippen LogP contribution in [-0.4, -0.2) is 56.4 Å². The topological polar surface area (TPSA) is 125 Å².